The van der Waals surface area contributed by atoms with Crippen LogP contribution in [0.2, 0.25) is 0 Å². The van der Waals surface area contributed by atoms with Crippen LogP contribution in [0.3, 0.4) is 0 Å². The van der Waals surface area contributed by atoms with Crippen molar-refractivity contribution >= 4 is 33.2 Å². The number of allylic oxidation sites excluding steroid dienone is 1. The average Bonchev–Trinajstić information content (AvgIpc) is 3.34. The van der Waals surface area contributed by atoms with Crippen molar-refractivity contribution < 1.29 is 13.2 Å². The number of hydrogen-bond acceptors (Lipinski definition) is 3. The predicted octanol–water partition coefficient (Wildman–Crippen LogP) is 6.09. The van der Waals surface area contributed by atoms with Crippen molar-refractivity contribution in [3.63, 3.8) is 0 Å². The number of rotatable bonds is 2. The van der Waals surface area contributed by atoms with Gasteiger partial charge in [0.05, 0.1) is 10.9 Å². The molecule has 0 aliphatic carbocycles. The van der Waals surface area contributed by atoms with Gasteiger partial charge in [0.25, 0.3) is 5.56 Å². The molecule has 0 atom stereocenters. The van der Waals surface area contributed by atoms with Crippen LogP contribution in [-0.4, -0.2) is 9.55 Å². The first-order valence-electron chi connectivity index (χ1n) is 9.37. The summed E-state index contributed by atoms with van der Waals surface area (Å²) in [4.78, 5) is 18.6. The van der Waals surface area contributed by atoms with Gasteiger partial charge in [0, 0.05) is 17.5 Å². The zero-order chi connectivity index (χ0) is 20.9. The molecular weight excluding hydrogens is 409 g/mol. The molecule has 3 nitrogen and oxygen atoms in total. The molecule has 2 aromatic carbocycles. The quantitative estimate of drug-likeness (QED) is 0.390. The Bertz CT molecular complexity index is 1350. The summed E-state index contributed by atoms with van der Waals surface area (Å²) in [6, 6.07) is 14.9. The first-order valence-corrected chi connectivity index (χ1v) is 10.3. The van der Waals surface area contributed by atoms with E-state index in [1.54, 1.807) is 16.7 Å². The average molecular weight is 424 g/mol. The fourth-order valence-corrected chi connectivity index (χ4v) is 4.73. The van der Waals surface area contributed by atoms with Crippen LogP contribution in [-0.2, 0) is 12.7 Å². The van der Waals surface area contributed by atoms with Gasteiger partial charge in [-0.2, -0.15) is 13.2 Å². The van der Waals surface area contributed by atoms with E-state index in [2.05, 4.69) is 0 Å². The Labute approximate surface area is 173 Å². The highest BCUT2D eigenvalue weighted by molar-refractivity contribution is 7.17. The molecule has 0 unspecified atom stereocenters. The lowest BCUT2D eigenvalue weighted by Crippen LogP contribution is -2.20. The molecule has 0 saturated heterocycles. The van der Waals surface area contributed by atoms with Gasteiger partial charge in [-0.1, -0.05) is 42.5 Å². The maximum Gasteiger partial charge on any atom is 0.416 e. The standard InChI is InChI=1S/C23H15F3N2OS/c24-23(25,26)17-8-4-5-14(12-17)11-16-9-10-28-20(16)27-21-19(22(28)29)18(13-30-21)15-6-2-1-3-7-15/h1-8,11-13H,9-10H2/b16-11-. The Balaban J connectivity index is 1.62. The van der Waals surface area contributed by atoms with Gasteiger partial charge in [-0.3, -0.25) is 9.36 Å². The zero-order valence-electron chi connectivity index (χ0n) is 15.6. The molecule has 1 aliphatic heterocycles. The molecule has 0 N–H and O–H groups in total. The summed E-state index contributed by atoms with van der Waals surface area (Å²) >= 11 is 1.40. The van der Waals surface area contributed by atoms with Crippen molar-refractivity contribution in [3.05, 3.63) is 87.3 Å². The lowest BCUT2D eigenvalue weighted by molar-refractivity contribution is -0.137. The minimum Gasteiger partial charge on any atom is -0.292 e. The first kappa shape index (κ1) is 18.8. The maximum atomic E-state index is 13.2. The summed E-state index contributed by atoms with van der Waals surface area (Å²) in [5, 5.41) is 2.52. The molecular formula is C23H15F3N2OS. The summed E-state index contributed by atoms with van der Waals surface area (Å²) < 4.78 is 40.7. The molecule has 0 spiro atoms. The van der Waals surface area contributed by atoms with Gasteiger partial charge in [0.1, 0.15) is 10.7 Å². The molecule has 4 aromatic rings. The minimum atomic E-state index is -4.39. The van der Waals surface area contributed by atoms with Crippen molar-refractivity contribution in [3.8, 4) is 11.1 Å². The summed E-state index contributed by atoms with van der Waals surface area (Å²) in [5.41, 5.74) is 2.23. The van der Waals surface area contributed by atoms with E-state index >= 15 is 0 Å². The summed E-state index contributed by atoms with van der Waals surface area (Å²) in [6.07, 6.45) is -2.15. The topological polar surface area (TPSA) is 34.9 Å². The third-order valence-electron chi connectivity index (χ3n) is 5.23. The molecule has 0 radical (unpaired) electrons. The highest BCUT2D eigenvalue weighted by atomic mass is 32.1. The molecule has 2 aromatic heterocycles. The number of aromatic nitrogens is 2. The Morgan fingerprint density at radius 1 is 1.07 bits per heavy atom. The van der Waals surface area contributed by atoms with Crippen LogP contribution in [0.5, 0.6) is 0 Å². The summed E-state index contributed by atoms with van der Waals surface area (Å²) in [7, 11) is 0. The van der Waals surface area contributed by atoms with E-state index in [1.165, 1.54) is 17.4 Å². The van der Waals surface area contributed by atoms with Crippen LogP contribution in [0.15, 0.2) is 64.8 Å². The fraction of sp³-hybridized carbons (Fsp3) is 0.130. The van der Waals surface area contributed by atoms with Gasteiger partial charge >= 0.3 is 6.18 Å². The van der Waals surface area contributed by atoms with Gasteiger partial charge in [-0.15, -0.1) is 11.3 Å². The molecule has 150 valence electrons. The van der Waals surface area contributed by atoms with Crippen LogP contribution in [0.25, 0.3) is 33.0 Å². The van der Waals surface area contributed by atoms with E-state index in [9.17, 15) is 18.0 Å². The zero-order valence-corrected chi connectivity index (χ0v) is 16.4. The van der Waals surface area contributed by atoms with Crippen LogP contribution in [0.1, 0.15) is 23.4 Å². The SMILES string of the molecule is O=c1c2c(-c3ccccc3)csc2nc2n1CC/C2=C/c1cccc(C(F)(F)F)c1. The van der Waals surface area contributed by atoms with Crippen LogP contribution in [0.4, 0.5) is 13.2 Å². The Hall–Kier alpha value is -3.19. The highest BCUT2D eigenvalue weighted by Crippen LogP contribution is 2.35. The van der Waals surface area contributed by atoms with Crippen molar-refractivity contribution in [2.24, 2.45) is 0 Å². The second-order valence-corrected chi connectivity index (χ2v) is 7.99. The number of fused-ring (bicyclic) bond motifs is 2. The fourth-order valence-electron chi connectivity index (χ4n) is 3.79. The molecule has 3 heterocycles. The lowest BCUT2D eigenvalue weighted by Gasteiger charge is -2.07. The van der Waals surface area contributed by atoms with Crippen molar-refractivity contribution in [1.82, 2.24) is 9.55 Å². The van der Waals surface area contributed by atoms with E-state index in [4.69, 9.17) is 4.98 Å². The van der Waals surface area contributed by atoms with Crippen LogP contribution in [0, 0.1) is 0 Å². The van der Waals surface area contributed by atoms with Crippen LogP contribution < -0.4 is 5.56 Å². The number of alkyl halides is 3. The van der Waals surface area contributed by atoms with Crippen LogP contribution >= 0.6 is 11.3 Å². The molecule has 0 saturated carbocycles. The molecule has 0 fully saturated rings. The summed E-state index contributed by atoms with van der Waals surface area (Å²) in [6.45, 7) is 0.464. The van der Waals surface area contributed by atoms with E-state index in [0.29, 0.717) is 34.6 Å². The third kappa shape index (κ3) is 3.15. The van der Waals surface area contributed by atoms with Crippen molar-refractivity contribution in [1.29, 1.82) is 0 Å². The lowest BCUT2D eigenvalue weighted by atomic mass is 10.1. The van der Waals surface area contributed by atoms with E-state index < -0.39 is 11.7 Å². The second-order valence-electron chi connectivity index (χ2n) is 7.13. The number of hydrogen-bond donors (Lipinski definition) is 0. The van der Waals surface area contributed by atoms with Gasteiger partial charge in [0.2, 0.25) is 0 Å². The monoisotopic (exact) mass is 424 g/mol. The minimum absolute atomic E-state index is 0.109. The predicted molar refractivity (Wildman–Crippen MR) is 113 cm³/mol. The van der Waals surface area contributed by atoms with E-state index in [-0.39, 0.29) is 5.56 Å². The highest BCUT2D eigenvalue weighted by Gasteiger charge is 2.30. The van der Waals surface area contributed by atoms with Crippen molar-refractivity contribution in [2.75, 3.05) is 0 Å². The number of nitrogens with zero attached hydrogens (tertiary/aromatic N) is 2. The third-order valence-corrected chi connectivity index (χ3v) is 6.10. The molecule has 0 bridgehead atoms. The number of benzene rings is 2. The molecule has 30 heavy (non-hydrogen) atoms. The van der Waals surface area contributed by atoms with Gasteiger partial charge in [-0.25, -0.2) is 4.98 Å². The summed E-state index contributed by atoms with van der Waals surface area (Å²) in [5.74, 6) is 0.534. The number of thiophene rings is 1. The normalized spacial score (nSPS) is 15.1. The van der Waals surface area contributed by atoms with Gasteiger partial charge < -0.3 is 0 Å². The maximum absolute atomic E-state index is 13.2. The first-order chi connectivity index (χ1) is 14.4. The van der Waals surface area contributed by atoms with Gasteiger partial charge in [-0.05, 0) is 41.3 Å². The largest absolute Gasteiger partial charge is 0.416 e. The van der Waals surface area contributed by atoms with E-state index in [1.807, 2.05) is 35.7 Å². The molecule has 5 rings (SSSR count). The number of halogens is 3. The molecule has 1 aliphatic rings. The second kappa shape index (κ2) is 6.95. The smallest absolute Gasteiger partial charge is 0.292 e. The van der Waals surface area contributed by atoms with Crippen molar-refractivity contribution in [2.45, 2.75) is 19.1 Å². The molecule has 0 amide bonds. The Morgan fingerprint density at radius 2 is 1.87 bits per heavy atom. The van der Waals surface area contributed by atoms with E-state index in [0.717, 1.165) is 28.8 Å². The Kier molecular flexibility index (Phi) is 4.36. The van der Waals surface area contributed by atoms with Gasteiger partial charge in [0.15, 0.2) is 0 Å². The Morgan fingerprint density at radius 3 is 2.63 bits per heavy atom. The molecule has 7 heteroatoms.